The van der Waals surface area contributed by atoms with Crippen LogP contribution in [0.15, 0.2) is 47.1 Å². The lowest BCUT2D eigenvalue weighted by Crippen LogP contribution is -2.20. The van der Waals surface area contributed by atoms with E-state index < -0.39 is 6.10 Å². The molecule has 0 aliphatic carbocycles. The zero-order chi connectivity index (χ0) is 13.7. The van der Waals surface area contributed by atoms with Crippen molar-refractivity contribution in [3.63, 3.8) is 0 Å². The van der Waals surface area contributed by atoms with Crippen molar-refractivity contribution in [1.29, 1.82) is 0 Å². The monoisotopic (exact) mass is 260 g/mol. The molecule has 0 radical (unpaired) electrons. The second kappa shape index (κ2) is 6.41. The maximum atomic E-state index is 9.84. The van der Waals surface area contributed by atoms with Crippen LogP contribution in [0.5, 0.6) is 0 Å². The van der Waals surface area contributed by atoms with E-state index in [0.29, 0.717) is 12.3 Å². The Balaban J connectivity index is 1.79. The molecule has 0 aliphatic rings. The zero-order valence-corrected chi connectivity index (χ0v) is 11.3. The summed E-state index contributed by atoms with van der Waals surface area (Å²) in [4.78, 5) is 2.07. The molecule has 2 aromatic rings. The molecule has 0 amide bonds. The Hall–Kier alpha value is -1.78. The van der Waals surface area contributed by atoms with Gasteiger partial charge in [-0.1, -0.05) is 12.1 Å². The molecule has 4 heteroatoms. The normalized spacial score (nSPS) is 12.4. The first-order valence-corrected chi connectivity index (χ1v) is 6.35. The first-order valence-electron chi connectivity index (χ1n) is 6.35. The van der Waals surface area contributed by atoms with Crippen molar-refractivity contribution in [3.8, 4) is 0 Å². The van der Waals surface area contributed by atoms with Crippen LogP contribution in [-0.4, -0.2) is 25.7 Å². The summed E-state index contributed by atoms with van der Waals surface area (Å²) in [7, 11) is 4.04. The van der Waals surface area contributed by atoms with Crippen LogP contribution in [0.3, 0.4) is 0 Å². The standard InChI is InChI=1S/C15H20N2O2/c1-17(2)13-7-5-12(6-8-13)10-16-11-14(18)15-4-3-9-19-15/h3-9,14,16,18H,10-11H2,1-2H3. The first-order chi connectivity index (χ1) is 9.16. The van der Waals surface area contributed by atoms with Gasteiger partial charge in [-0.05, 0) is 29.8 Å². The van der Waals surface area contributed by atoms with Crippen LogP contribution in [-0.2, 0) is 6.54 Å². The van der Waals surface area contributed by atoms with E-state index >= 15 is 0 Å². The number of aliphatic hydroxyl groups is 1. The highest BCUT2D eigenvalue weighted by molar-refractivity contribution is 5.45. The lowest BCUT2D eigenvalue weighted by molar-refractivity contribution is 0.147. The average Bonchev–Trinajstić information content (AvgIpc) is 2.93. The molecule has 1 aromatic heterocycles. The van der Waals surface area contributed by atoms with Crippen LogP contribution in [0.1, 0.15) is 17.4 Å². The van der Waals surface area contributed by atoms with Gasteiger partial charge in [0, 0.05) is 32.9 Å². The Morgan fingerprint density at radius 3 is 2.53 bits per heavy atom. The summed E-state index contributed by atoms with van der Waals surface area (Å²) in [5.41, 5.74) is 2.37. The molecule has 1 atom stereocenters. The Labute approximate surface area is 113 Å². The summed E-state index contributed by atoms with van der Waals surface area (Å²) in [6.07, 6.45) is 0.967. The van der Waals surface area contributed by atoms with Gasteiger partial charge in [0.1, 0.15) is 11.9 Å². The van der Waals surface area contributed by atoms with Crippen LogP contribution in [0.4, 0.5) is 5.69 Å². The Bertz CT molecular complexity index is 477. The van der Waals surface area contributed by atoms with Gasteiger partial charge in [-0.25, -0.2) is 0 Å². The smallest absolute Gasteiger partial charge is 0.133 e. The van der Waals surface area contributed by atoms with Gasteiger partial charge in [-0.3, -0.25) is 0 Å². The van der Waals surface area contributed by atoms with Crippen molar-refractivity contribution < 1.29 is 9.52 Å². The summed E-state index contributed by atoms with van der Waals surface area (Å²) in [5, 5.41) is 13.1. The van der Waals surface area contributed by atoms with Gasteiger partial charge in [0.05, 0.1) is 6.26 Å². The molecular weight excluding hydrogens is 240 g/mol. The van der Waals surface area contributed by atoms with E-state index in [2.05, 4.69) is 34.5 Å². The minimum absolute atomic E-state index is 0.475. The number of anilines is 1. The summed E-state index contributed by atoms with van der Waals surface area (Å²) in [6, 6.07) is 11.9. The highest BCUT2D eigenvalue weighted by Crippen LogP contribution is 2.13. The highest BCUT2D eigenvalue weighted by Gasteiger charge is 2.09. The zero-order valence-electron chi connectivity index (χ0n) is 11.3. The molecule has 0 aliphatic heterocycles. The molecule has 1 heterocycles. The van der Waals surface area contributed by atoms with Crippen molar-refractivity contribution in [2.45, 2.75) is 12.6 Å². The van der Waals surface area contributed by atoms with E-state index in [1.54, 1.807) is 18.4 Å². The van der Waals surface area contributed by atoms with Crippen LogP contribution < -0.4 is 10.2 Å². The highest BCUT2D eigenvalue weighted by atomic mass is 16.4. The maximum absolute atomic E-state index is 9.84. The fraction of sp³-hybridized carbons (Fsp3) is 0.333. The van der Waals surface area contributed by atoms with Crippen molar-refractivity contribution >= 4 is 5.69 Å². The molecular formula is C15H20N2O2. The molecule has 0 fully saturated rings. The second-order valence-electron chi connectivity index (χ2n) is 4.72. The van der Waals surface area contributed by atoms with Gasteiger partial charge in [0.2, 0.25) is 0 Å². The molecule has 0 bridgehead atoms. The van der Waals surface area contributed by atoms with Gasteiger partial charge >= 0.3 is 0 Å². The molecule has 0 spiro atoms. The summed E-state index contributed by atoms with van der Waals surface area (Å²) in [5.74, 6) is 0.593. The number of nitrogens with one attached hydrogen (secondary N) is 1. The van der Waals surface area contributed by atoms with Gasteiger partial charge in [-0.2, -0.15) is 0 Å². The van der Waals surface area contributed by atoms with Crippen molar-refractivity contribution in [2.75, 3.05) is 25.5 Å². The minimum atomic E-state index is -0.601. The molecule has 4 nitrogen and oxygen atoms in total. The van der Waals surface area contributed by atoms with Crippen LogP contribution in [0.2, 0.25) is 0 Å². The van der Waals surface area contributed by atoms with E-state index in [-0.39, 0.29) is 0 Å². The largest absolute Gasteiger partial charge is 0.467 e. The summed E-state index contributed by atoms with van der Waals surface area (Å²) < 4.78 is 5.14. The number of hydrogen-bond acceptors (Lipinski definition) is 4. The third-order valence-corrected chi connectivity index (χ3v) is 2.99. The predicted octanol–water partition coefficient (Wildman–Crippen LogP) is 2.17. The van der Waals surface area contributed by atoms with Gasteiger partial charge in [0.15, 0.2) is 0 Å². The van der Waals surface area contributed by atoms with Gasteiger partial charge in [0.25, 0.3) is 0 Å². The Morgan fingerprint density at radius 2 is 1.95 bits per heavy atom. The Kier molecular flexibility index (Phi) is 4.60. The molecule has 0 saturated heterocycles. The lowest BCUT2D eigenvalue weighted by atomic mass is 10.2. The van der Waals surface area contributed by atoms with Crippen molar-refractivity contribution in [2.24, 2.45) is 0 Å². The lowest BCUT2D eigenvalue weighted by Gasteiger charge is -2.13. The van der Waals surface area contributed by atoms with E-state index in [0.717, 1.165) is 6.54 Å². The molecule has 2 rings (SSSR count). The number of rotatable bonds is 6. The van der Waals surface area contributed by atoms with E-state index in [1.165, 1.54) is 11.3 Å². The fourth-order valence-electron chi connectivity index (χ4n) is 1.85. The molecule has 102 valence electrons. The fourth-order valence-corrected chi connectivity index (χ4v) is 1.85. The van der Waals surface area contributed by atoms with Crippen LogP contribution in [0, 0.1) is 0 Å². The van der Waals surface area contributed by atoms with Crippen molar-refractivity contribution in [1.82, 2.24) is 5.32 Å². The number of nitrogens with zero attached hydrogens (tertiary/aromatic N) is 1. The molecule has 1 unspecified atom stereocenters. The van der Waals surface area contributed by atoms with Gasteiger partial charge < -0.3 is 19.7 Å². The first kappa shape index (κ1) is 13.6. The van der Waals surface area contributed by atoms with Crippen LogP contribution in [0.25, 0.3) is 0 Å². The number of benzene rings is 1. The second-order valence-corrected chi connectivity index (χ2v) is 4.72. The number of furan rings is 1. The number of aliphatic hydroxyl groups excluding tert-OH is 1. The third kappa shape index (κ3) is 3.84. The van der Waals surface area contributed by atoms with E-state index in [1.807, 2.05) is 14.1 Å². The quantitative estimate of drug-likeness (QED) is 0.835. The average molecular weight is 260 g/mol. The predicted molar refractivity (Wildman–Crippen MR) is 76.1 cm³/mol. The van der Waals surface area contributed by atoms with Crippen LogP contribution >= 0.6 is 0 Å². The summed E-state index contributed by atoms with van der Waals surface area (Å²) >= 11 is 0. The molecule has 1 aromatic carbocycles. The SMILES string of the molecule is CN(C)c1ccc(CNCC(O)c2ccco2)cc1. The number of hydrogen-bond donors (Lipinski definition) is 2. The third-order valence-electron chi connectivity index (χ3n) is 2.99. The maximum Gasteiger partial charge on any atom is 0.133 e. The molecule has 19 heavy (non-hydrogen) atoms. The minimum Gasteiger partial charge on any atom is -0.467 e. The Morgan fingerprint density at radius 1 is 1.21 bits per heavy atom. The molecule has 2 N–H and O–H groups in total. The topological polar surface area (TPSA) is 48.6 Å². The van der Waals surface area contributed by atoms with E-state index in [4.69, 9.17) is 4.42 Å². The molecule has 0 saturated carbocycles. The summed E-state index contributed by atoms with van der Waals surface area (Å²) in [6.45, 7) is 1.20. The van der Waals surface area contributed by atoms with Crippen molar-refractivity contribution in [3.05, 3.63) is 54.0 Å². The van der Waals surface area contributed by atoms with Gasteiger partial charge in [-0.15, -0.1) is 0 Å². The van der Waals surface area contributed by atoms with E-state index in [9.17, 15) is 5.11 Å².